The van der Waals surface area contributed by atoms with Gasteiger partial charge >= 0.3 is 0 Å². The van der Waals surface area contributed by atoms with Gasteiger partial charge in [0.2, 0.25) is 0 Å². The third kappa shape index (κ3) is 4.46. The van der Waals surface area contributed by atoms with Gasteiger partial charge in [0.25, 0.3) is 0 Å². The number of nitrogens with one attached hydrogen (secondary N) is 1. The van der Waals surface area contributed by atoms with Crippen LogP contribution in [0.3, 0.4) is 0 Å². The van der Waals surface area contributed by atoms with Crippen LogP contribution in [0.5, 0.6) is 0 Å². The lowest BCUT2D eigenvalue weighted by molar-refractivity contribution is 0.574. The lowest BCUT2D eigenvalue weighted by Gasteiger charge is -2.08. The number of rotatable bonds is 9. The lowest BCUT2D eigenvalue weighted by atomic mass is 10.0. The topological polar surface area (TPSA) is 32.9 Å². The quantitative estimate of drug-likeness (QED) is 0.608. The number of benzene rings is 1. The van der Waals surface area contributed by atoms with E-state index in [4.69, 9.17) is 0 Å². The van der Waals surface area contributed by atoms with Crippen LogP contribution in [-0.4, -0.2) is 4.98 Å². The van der Waals surface area contributed by atoms with Crippen LogP contribution in [0.1, 0.15) is 69.5 Å². The molecule has 0 bridgehead atoms. The lowest BCUT2D eigenvalue weighted by Crippen LogP contribution is -2.11. The number of aryl methyl sites for hydroxylation is 1. The van der Waals surface area contributed by atoms with Crippen molar-refractivity contribution in [1.29, 1.82) is 0 Å². The zero-order valence-corrected chi connectivity index (χ0v) is 14.1. The monoisotopic (exact) mass is 299 g/mol. The fourth-order valence-electron chi connectivity index (χ4n) is 3.07. The van der Waals surface area contributed by atoms with E-state index in [2.05, 4.69) is 11.9 Å². The second kappa shape index (κ2) is 8.77. The van der Waals surface area contributed by atoms with Crippen LogP contribution >= 0.6 is 0 Å². The molecule has 120 valence electrons. The smallest absolute Gasteiger partial charge is 0.192 e. The van der Waals surface area contributed by atoms with Gasteiger partial charge in [0, 0.05) is 22.2 Å². The summed E-state index contributed by atoms with van der Waals surface area (Å²) in [6.07, 6.45) is 11.5. The molecule has 2 nitrogen and oxygen atoms in total. The van der Waals surface area contributed by atoms with E-state index < -0.39 is 0 Å². The molecule has 0 unspecified atom stereocenters. The van der Waals surface area contributed by atoms with Gasteiger partial charge in [-0.3, -0.25) is 4.79 Å². The van der Waals surface area contributed by atoms with E-state index in [-0.39, 0.29) is 5.43 Å². The molecule has 1 heterocycles. The number of hydrogen-bond donors (Lipinski definition) is 1. The van der Waals surface area contributed by atoms with Gasteiger partial charge < -0.3 is 4.98 Å². The summed E-state index contributed by atoms with van der Waals surface area (Å²) < 4.78 is 0. The molecule has 0 spiro atoms. The van der Waals surface area contributed by atoms with Crippen molar-refractivity contribution in [3.05, 3.63) is 45.7 Å². The molecule has 0 aliphatic heterocycles. The van der Waals surface area contributed by atoms with Crippen molar-refractivity contribution < 1.29 is 0 Å². The van der Waals surface area contributed by atoms with Gasteiger partial charge in [-0.15, -0.1) is 0 Å². The van der Waals surface area contributed by atoms with E-state index in [1.807, 2.05) is 31.2 Å². The van der Waals surface area contributed by atoms with E-state index in [1.54, 1.807) is 0 Å². The Bertz CT molecular complexity index is 642. The highest BCUT2D eigenvalue weighted by Gasteiger charge is 2.07. The fourth-order valence-corrected chi connectivity index (χ4v) is 3.07. The molecule has 1 aromatic heterocycles. The predicted molar refractivity (Wildman–Crippen MR) is 95.6 cm³/mol. The Morgan fingerprint density at radius 2 is 1.55 bits per heavy atom. The summed E-state index contributed by atoms with van der Waals surface area (Å²) in [7, 11) is 0. The first-order valence-electron chi connectivity index (χ1n) is 8.84. The van der Waals surface area contributed by atoms with E-state index in [9.17, 15) is 4.79 Å². The summed E-state index contributed by atoms with van der Waals surface area (Å²) >= 11 is 0. The molecule has 0 atom stereocenters. The maximum atomic E-state index is 12.4. The van der Waals surface area contributed by atoms with Crippen LogP contribution in [0, 0.1) is 6.92 Å². The second-order valence-electron chi connectivity index (χ2n) is 6.33. The van der Waals surface area contributed by atoms with E-state index in [1.165, 1.54) is 51.4 Å². The first kappa shape index (κ1) is 16.8. The number of hydrogen-bond acceptors (Lipinski definition) is 1. The molecule has 0 radical (unpaired) electrons. The summed E-state index contributed by atoms with van der Waals surface area (Å²) in [4.78, 5) is 15.8. The average molecular weight is 299 g/mol. The fraction of sp³-hybridized carbons (Fsp3) is 0.550. The Kier molecular flexibility index (Phi) is 6.70. The predicted octanol–water partition coefficient (Wildman–Crippen LogP) is 5.52. The number of pyridine rings is 1. The molecule has 0 aliphatic rings. The zero-order chi connectivity index (χ0) is 15.8. The molecule has 0 saturated carbocycles. The van der Waals surface area contributed by atoms with Crippen LogP contribution in [0.25, 0.3) is 10.9 Å². The minimum atomic E-state index is 0.184. The van der Waals surface area contributed by atoms with Crippen molar-refractivity contribution in [2.45, 2.75) is 71.6 Å². The van der Waals surface area contributed by atoms with Gasteiger partial charge in [0.1, 0.15) is 0 Å². The van der Waals surface area contributed by atoms with Gasteiger partial charge in [-0.2, -0.15) is 0 Å². The number of aromatic nitrogens is 1. The maximum Gasteiger partial charge on any atom is 0.192 e. The van der Waals surface area contributed by atoms with Crippen molar-refractivity contribution in [1.82, 2.24) is 4.98 Å². The number of fused-ring (bicyclic) bond motifs is 1. The van der Waals surface area contributed by atoms with E-state index in [0.29, 0.717) is 0 Å². The molecule has 0 amide bonds. The van der Waals surface area contributed by atoms with Crippen LogP contribution in [0.15, 0.2) is 29.1 Å². The normalized spacial score (nSPS) is 11.2. The zero-order valence-electron chi connectivity index (χ0n) is 14.1. The Morgan fingerprint density at radius 1 is 0.909 bits per heavy atom. The van der Waals surface area contributed by atoms with Gasteiger partial charge in [-0.25, -0.2) is 0 Å². The molecular formula is C20H29NO. The number of H-pyrrole nitrogens is 1. The third-order valence-electron chi connectivity index (χ3n) is 4.53. The summed E-state index contributed by atoms with van der Waals surface area (Å²) in [5, 5.41) is 0.805. The summed E-state index contributed by atoms with van der Waals surface area (Å²) in [6.45, 7) is 4.21. The minimum absolute atomic E-state index is 0.184. The van der Waals surface area contributed by atoms with Crippen LogP contribution < -0.4 is 5.43 Å². The van der Waals surface area contributed by atoms with Gasteiger partial charge in [-0.1, -0.05) is 64.0 Å². The molecule has 2 heteroatoms. The van der Waals surface area contributed by atoms with Crippen molar-refractivity contribution in [2.24, 2.45) is 0 Å². The standard InChI is InChI=1S/C20H29NO/c1-3-4-5-6-7-8-9-10-14-18-16(2)20(22)17-13-11-12-15-19(17)21-18/h11-13,15H,3-10,14H2,1-2H3,(H,21,22). The highest BCUT2D eigenvalue weighted by Crippen LogP contribution is 2.14. The number of unbranched alkanes of at least 4 members (excludes halogenated alkanes) is 7. The molecule has 2 aromatic rings. The molecule has 2 rings (SSSR count). The highest BCUT2D eigenvalue weighted by molar-refractivity contribution is 5.79. The Balaban J connectivity index is 1.84. The van der Waals surface area contributed by atoms with E-state index in [0.717, 1.165) is 28.6 Å². The Labute approximate surface area is 134 Å². The maximum absolute atomic E-state index is 12.4. The third-order valence-corrected chi connectivity index (χ3v) is 4.53. The van der Waals surface area contributed by atoms with Crippen LogP contribution in [0.2, 0.25) is 0 Å². The van der Waals surface area contributed by atoms with Crippen LogP contribution in [0.4, 0.5) is 0 Å². The summed E-state index contributed by atoms with van der Waals surface area (Å²) in [6, 6.07) is 7.80. The first-order chi connectivity index (χ1) is 10.7. The Hall–Kier alpha value is -1.57. The molecule has 1 aromatic carbocycles. The minimum Gasteiger partial charge on any atom is -0.358 e. The molecule has 0 fully saturated rings. The highest BCUT2D eigenvalue weighted by atomic mass is 16.1. The van der Waals surface area contributed by atoms with Crippen molar-refractivity contribution in [3.63, 3.8) is 0 Å². The molecular weight excluding hydrogens is 270 g/mol. The summed E-state index contributed by atoms with van der Waals surface area (Å²) in [5.74, 6) is 0. The SMILES string of the molecule is CCCCCCCCCCc1[nH]c2ccccc2c(=O)c1C. The molecule has 22 heavy (non-hydrogen) atoms. The Morgan fingerprint density at radius 3 is 2.27 bits per heavy atom. The van der Waals surface area contributed by atoms with Crippen molar-refractivity contribution in [3.8, 4) is 0 Å². The largest absolute Gasteiger partial charge is 0.358 e. The summed E-state index contributed by atoms with van der Waals surface area (Å²) in [5.41, 5.74) is 3.16. The number of aromatic amines is 1. The second-order valence-corrected chi connectivity index (χ2v) is 6.33. The van der Waals surface area contributed by atoms with Gasteiger partial charge in [0.15, 0.2) is 5.43 Å². The van der Waals surface area contributed by atoms with E-state index >= 15 is 0 Å². The van der Waals surface area contributed by atoms with Crippen molar-refractivity contribution in [2.75, 3.05) is 0 Å². The average Bonchev–Trinajstić information content (AvgIpc) is 2.54. The molecule has 1 N–H and O–H groups in total. The van der Waals surface area contributed by atoms with Gasteiger partial charge in [-0.05, 0) is 31.9 Å². The number of para-hydroxylation sites is 1. The van der Waals surface area contributed by atoms with Crippen molar-refractivity contribution >= 4 is 10.9 Å². The van der Waals surface area contributed by atoms with Gasteiger partial charge in [0.05, 0.1) is 0 Å². The molecule has 0 saturated heterocycles. The molecule has 0 aliphatic carbocycles. The van der Waals surface area contributed by atoms with Crippen LogP contribution in [-0.2, 0) is 6.42 Å². The first-order valence-corrected chi connectivity index (χ1v) is 8.84.